The molecule has 0 N–H and O–H groups in total. The lowest BCUT2D eigenvalue weighted by Crippen LogP contribution is -2.73. The van der Waals surface area contributed by atoms with Gasteiger partial charge in [0.15, 0.2) is 0 Å². The average molecular weight is 397 g/mol. The highest BCUT2D eigenvalue weighted by Gasteiger charge is 2.73. The van der Waals surface area contributed by atoms with Crippen molar-refractivity contribution in [1.29, 1.82) is 0 Å². The van der Waals surface area contributed by atoms with Crippen molar-refractivity contribution < 1.29 is 19.6 Å². The van der Waals surface area contributed by atoms with Crippen molar-refractivity contribution in [3.8, 4) is 0 Å². The maximum absolute atomic E-state index is 6.40. The van der Waals surface area contributed by atoms with Gasteiger partial charge in [-0.05, 0) is 35.5 Å². The van der Waals surface area contributed by atoms with Gasteiger partial charge in [-0.25, -0.2) is 0 Å². The highest BCUT2D eigenvalue weighted by molar-refractivity contribution is 5.09. The van der Waals surface area contributed by atoms with Gasteiger partial charge in [-0.2, -0.15) is 19.6 Å². The topological polar surface area (TPSA) is 36.9 Å². The molecule has 0 amide bonds. The van der Waals surface area contributed by atoms with Gasteiger partial charge in [0.1, 0.15) is 0 Å². The Balaban J connectivity index is 1.99. The zero-order chi connectivity index (χ0) is 21.6. The van der Waals surface area contributed by atoms with Crippen molar-refractivity contribution in [1.82, 2.24) is 0 Å². The Morgan fingerprint density at radius 2 is 0.714 bits per heavy atom. The molecule has 0 aromatic carbocycles. The van der Waals surface area contributed by atoms with Crippen LogP contribution in [0.5, 0.6) is 0 Å². The van der Waals surface area contributed by atoms with Crippen LogP contribution >= 0.6 is 0 Å². The van der Waals surface area contributed by atoms with Crippen LogP contribution in [0, 0.1) is 45.3 Å². The smallest absolute Gasteiger partial charge is 0.194 e. The van der Waals surface area contributed by atoms with E-state index in [1.807, 2.05) is 0 Å². The Bertz CT molecular complexity index is 556. The molecule has 2 spiro atoms. The first kappa shape index (κ1) is 22.5. The fraction of sp³-hybridized carbons (Fsp3) is 1.00. The molecule has 1 aliphatic heterocycles. The molecule has 0 bridgehead atoms. The maximum Gasteiger partial charge on any atom is 0.242 e. The van der Waals surface area contributed by atoms with E-state index < -0.39 is 11.6 Å². The lowest BCUT2D eigenvalue weighted by atomic mass is 9.49. The summed E-state index contributed by atoms with van der Waals surface area (Å²) in [6, 6.07) is 0. The van der Waals surface area contributed by atoms with E-state index in [1.165, 1.54) is 0 Å². The van der Waals surface area contributed by atoms with Gasteiger partial charge in [-0.1, -0.05) is 83.1 Å². The van der Waals surface area contributed by atoms with Crippen LogP contribution in [-0.4, -0.2) is 11.6 Å². The van der Waals surface area contributed by atoms with Crippen LogP contribution in [0.1, 0.15) is 95.9 Å². The second-order valence-corrected chi connectivity index (χ2v) is 12.4. The summed E-state index contributed by atoms with van der Waals surface area (Å²) in [6.07, 6.45) is 2.02. The minimum absolute atomic E-state index is 0.0121. The highest BCUT2D eigenvalue weighted by Crippen LogP contribution is 2.67. The summed E-state index contributed by atoms with van der Waals surface area (Å²) in [6.45, 7) is 27.2. The first-order chi connectivity index (χ1) is 12.5. The molecule has 0 aromatic rings. The zero-order valence-electron chi connectivity index (χ0n) is 20.4. The van der Waals surface area contributed by atoms with E-state index in [2.05, 4.69) is 83.1 Å². The van der Waals surface area contributed by atoms with Crippen molar-refractivity contribution in [3.63, 3.8) is 0 Å². The van der Waals surface area contributed by atoms with Crippen molar-refractivity contribution in [3.05, 3.63) is 0 Å². The first-order valence-electron chi connectivity index (χ1n) is 11.2. The summed E-state index contributed by atoms with van der Waals surface area (Å²) in [5.41, 5.74) is -0.552. The van der Waals surface area contributed by atoms with Gasteiger partial charge in [0.05, 0.1) is 0 Å². The normalized spacial score (nSPS) is 49.3. The minimum Gasteiger partial charge on any atom is -0.194 e. The van der Waals surface area contributed by atoms with E-state index in [0.29, 0.717) is 11.8 Å². The van der Waals surface area contributed by atoms with Gasteiger partial charge in [-0.3, -0.25) is 0 Å². The van der Waals surface area contributed by atoms with Gasteiger partial charge < -0.3 is 0 Å². The van der Waals surface area contributed by atoms with Crippen LogP contribution in [0.4, 0.5) is 0 Å². The predicted molar refractivity (Wildman–Crippen MR) is 111 cm³/mol. The molecule has 3 rings (SSSR count). The van der Waals surface area contributed by atoms with Crippen molar-refractivity contribution in [2.75, 3.05) is 0 Å². The largest absolute Gasteiger partial charge is 0.242 e. The van der Waals surface area contributed by atoms with E-state index in [0.717, 1.165) is 12.8 Å². The standard InChI is InChI=1S/C24H44O4/c1-15-13-17(3)23(21(9,10)19(15,5)6)25-27-24(28-26-23)18(4)14-16(2)20(7,8)22(24,11)12/h15-18H,13-14H2,1-12H3. The molecular weight excluding hydrogens is 352 g/mol. The third-order valence-electron chi connectivity index (χ3n) is 10.7. The molecule has 3 fully saturated rings. The number of hydrogen-bond donors (Lipinski definition) is 0. The first-order valence-corrected chi connectivity index (χ1v) is 11.2. The highest BCUT2D eigenvalue weighted by atomic mass is 17.4. The Labute approximate surface area is 172 Å². The van der Waals surface area contributed by atoms with Gasteiger partial charge in [0, 0.05) is 22.7 Å². The Hall–Kier alpha value is -0.160. The molecule has 4 heteroatoms. The van der Waals surface area contributed by atoms with Crippen molar-refractivity contribution in [2.24, 2.45) is 45.3 Å². The molecule has 1 saturated heterocycles. The van der Waals surface area contributed by atoms with Crippen LogP contribution in [-0.2, 0) is 19.6 Å². The molecule has 0 radical (unpaired) electrons. The fourth-order valence-electron chi connectivity index (χ4n) is 6.34. The molecule has 164 valence electrons. The van der Waals surface area contributed by atoms with Crippen LogP contribution < -0.4 is 0 Å². The van der Waals surface area contributed by atoms with Crippen molar-refractivity contribution in [2.45, 2.75) is 108 Å². The van der Waals surface area contributed by atoms with E-state index in [9.17, 15) is 0 Å². The fourth-order valence-corrected chi connectivity index (χ4v) is 6.34. The quantitative estimate of drug-likeness (QED) is 0.425. The molecule has 3 aliphatic rings. The molecule has 4 unspecified atom stereocenters. The van der Waals surface area contributed by atoms with E-state index in [4.69, 9.17) is 19.6 Å². The summed E-state index contributed by atoms with van der Waals surface area (Å²) in [4.78, 5) is 25.6. The van der Waals surface area contributed by atoms with E-state index in [1.54, 1.807) is 0 Å². The molecule has 2 aliphatic carbocycles. The van der Waals surface area contributed by atoms with Gasteiger partial charge >= 0.3 is 0 Å². The summed E-state index contributed by atoms with van der Waals surface area (Å²) in [5, 5.41) is 0. The lowest BCUT2D eigenvalue weighted by molar-refractivity contribution is -0.707. The molecule has 2 saturated carbocycles. The van der Waals surface area contributed by atoms with Crippen LogP contribution in [0.15, 0.2) is 0 Å². The summed E-state index contributed by atoms with van der Waals surface area (Å²) in [5.74, 6) is -0.408. The van der Waals surface area contributed by atoms with E-state index >= 15 is 0 Å². The van der Waals surface area contributed by atoms with Crippen LogP contribution in [0.25, 0.3) is 0 Å². The predicted octanol–water partition coefficient (Wildman–Crippen LogP) is 6.75. The molecule has 1 heterocycles. The third kappa shape index (κ3) is 2.38. The summed E-state index contributed by atoms with van der Waals surface area (Å²) in [7, 11) is 0. The van der Waals surface area contributed by atoms with Gasteiger partial charge in [0.25, 0.3) is 0 Å². The molecular formula is C24H44O4. The summed E-state index contributed by atoms with van der Waals surface area (Å²) >= 11 is 0. The van der Waals surface area contributed by atoms with Gasteiger partial charge in [0.2, 0.25) is 11.6 Å². The number of hydrogen-bond acceptors (Lipinski definition) is 4. The Morgan fingerprint density at radius 1 is 0.464 bits per heavy atom. The van der Waals surface area contributed by atoms with Crippen molar-refractivity contribution >= 4 is 0 Å². The average Bonchev–Trinajstić information content (AvgIpc) is 2.58. The molecule has 28 heavy (non-hydrogen) atoms. The van der Waals surface area contributed by atoms with Crippen LogP contribution in [0.2, 0.25) is 0 Å². The monoisotopic (exact) mass is 396 g/mol. The minimum atomic E-state index is -0.919. The SMILES string of the molecule is CC1CC(C)C2(OOC3(OO2)C(C)CC(C)C(C)(C)C3(C)C)C(C)(C)C1(C)C. The Kier molecular flexibility index (Phi) is 4.97. The second kappa shape index (κ2) is 6.18. The number of rotatable bonds is 0. The van der Waals surface area contributed by atoms with Gasteiger partial charge in [-0.15, -0.1) is 0 Å². The summed E-state index contributed by atoms with van der Waals surface area (Å²) < 4.78 is 0. The maximum atomic E-state index is 6.40. The van der Waals surface area contributed by atoms with E-state index in [-0.39, 0.29) is 33.5 Å². The zero-order valence-corrected chi connectivity index (χ0v) is 20.4. The third-order valence-corrected chi connectivity index (χ3v) is 10.7. The molecule has 4 atom stereocenters. The Morgan fingerprint density at radius 3 is 0.964 bits per heavy atom. The van der Waals surface area contributed by atoms with Crippen LogP contribution in [0.3, 0.4) is 0 Å². The second-order valence-electron chi connectivity index (χ2n) is 12.4. The molecule has 0 aromatic heterocycles. The molecule has 4 nitrogen and oxygen atoms in total. The lowest BCUT2D eigenvalue weighted by Gasteiger charge is -2.67.